The molecule has 1 aromatic carbocycles. The number of aromatic amines is 1. The molecule has 0 amide bonds. The van der Waals surface area contributed by atoms with E-state index >= 15 is 0 Å². The van der Waals surface area contributed by atoms with Crippen LogP contribution in [0.4, 0.5) is 0 Å². The lowest BCUT2D eigenvalue weighted by Crippen LogP contribution is -2.24. The van der Waals surface area contributed by atoms with Gasteiger partial charge in [-0.3, -0.25) is 4.79 Å². The van der Waals surface area contributed by atoms with Gasteiger partial charge in [-0.2, -0.15) is 0 Å². The van der Waals surface area contributed by atoms with Crippen LogP contribution in [0.25, 0.3) is 10.9 Å². The van der Waals surface area contributed by atoms with E-state index in [1.165, 1.54) is 23.8 Å². The molecule has 1 fully saturated rings. The molecular formula is C15H18N2O. The largest absolute Gasteiger partial charge is 0.361 e. The maximum absolute atomic E-state index is 11.7. The lowest BCUT2D eigenvalue weighted by molar-refractivity contribution is -0.118. The van der Waals surface area contributed by atoms with Crippen LogP contribution < -0.4 is 5.32 Å². The van der Waals surface area contributed by atoms with Crippen molar-refractivity contribution >= 4 is 16.7 Å². The highest BCUT2D eigenvalue weighted by atomic mass is 16.1. The van der Waals surface area contributed by atoms with E-state index < -0.39 is 0 Å². The Balaban J connectivity index is 1.57. The van der Waals surface area contributed by atoms with Gasteiger partial charge >= 0.3 is 0 Å². The van der Waals surface area contributed by atoms with Crippen LogP contribution in [-0.2, 0) is 11.2 Å². The Labute approximate surface area is 107 Å². The number of fused-ring (bicyclic) bond motifs is 1. The van der Waals surface area contributed by atoms with Crippen molar-refractivity contribution in [1.29, 1.82) is 0 Å². The van der Waals surface area contributed by atoms with Crippen molar-refractivity contribution in [3.05, 3.63) is 36.0 Å². The maximum atomic E-state index is 11.7. The molecule has 0 aliphatic heterocycles. The van der Waals surface area contributed by atoms with Crippen molar-refractivity contribution in [1.82, 2.24) is 10.3 Å². The molecular weight excluding hydrogens is 224 g/mol. The molecule has 1 aliphatic carbocycles. The third-order valence-electron chi connectivity index (χ3n) is 3.51. The molecule has 1 heterocycles. The minimum absolute atomic E-state index is 0.312. The smallest absolute Gasteiger partial charge is 0.146 e. The minimum Gasteiger partial charge on any atom is -0.361 e. The van der Waals surface area contributed by atoms with E-state index in [9.17, 15) is 4.79 Å². The lowest BCUT2D eigenvalue weighted by atomic mass is 10.1. The summed E-state index contributed by atoms with van der Waals surface area (Å²) in [6.07, 6.45) is 5.94. The molecule has 0 radical (unpaired) electrons. The van der Waals surface area contributed by atoms with Crippen molar-refractivity contribution in [2.75, 3.05) is 6.54 Å². The second kappa shape index (κ2) is 4.94. The maximum Gasteiger partial charge on any atom is 0.146 e. The van der Waals surface area contributed by atoms with Crippen LogP contribution in [0, 0.1) is 0 Å². The minimum atomic E-state index is 0.312. The number of hydrogen-bond acceptors (Lipinski definition) is 2. The molecule has 0 atom stereocenters. The van der Waals surface area contributed by atoms with E-state index in [0.717, 1.165) is 11.9 Å². The molecule has 1 saturated carbocycles. The van der Waals surface area contributed by atoms with Gasteiger partial charge in [0.05, 0.1) is 6.54 Å². The summed E-state index contributed by atoms with van der Waals surface area (Å²) in [4.78, 5) is 15.0. The number of Topliss-reactive ketones (excluding diaryl/α,β-unsaturated/α-hetero) is 1. The highest BCUT2D eigenvalue weighted by Crippen LogP contribution is 2.20. The quantitative estimate of drug-likeness (QED) is 0.817. The molecule has 94 valence electrons. The molecule has 0 spiro atoms. The molecule has 1 aromatic heterocycles. The van der Waals surface area contributed by atoms with Crippen molar-refractivity contribution in [2.45, 2.75) is 31.7 Å². The van der Waals surface area contributed by atoms with E-state index in [1.54, 1.807) is 0 Å². The number of ketones is 1. The van der Waals surface area contributed by atoms with Crippen molar-refractivity contribution < 1.29 is 4.79 Å². The number of benzene rings is 1. The predicted molar refractivity (Wildman–Crippen MR) is 72.7 cm³/mol. The van der Waals surface area contributed by atoms with Gasteiger partial charge < -0.3 is 10.3 Å². The standard InChI is InChI=1S/C15H18N2O/c18-13(10-16-12-6-7-12)8-5-11-9-17-15-4-2-1-3-14(11)15/h1-4,9,12,16-17H,5-8,10H2. The van der Waals surface area contributed by atoms with Gasteiger partial charge in [-0.15, -0.1) is 0 Å². The molecule has 3 heteroatoms. The summed E-state index contributed by atoms with van der Waals surface area (Å²) in [5.74, 6) is 0.312. The molecule has 2 aromatic rings. The first-order chi connectivity index (χ1) is 8.83. The molecule has 0 bridgehead atoms. The Morgan fingerprint density at radius 3 is 3.00 bits per heavy atom. The average Bonchev–Trinajstić information content (AvgIpc) is 3.14. The fraction of sp³-hybridized carbons (Fsp3) is 0.400. The van der Waals surface area contributed by atoms with Gasteiger partial charge in [-0.05, 0) is 30.9 Å². The second-order valence-electron chi connectivity index (χ2n) is 5.05. The van der Waals surface area contributed by atoms with Gasteiger partial charge in [0.1, 0.15) is 5.78 Å². The summed E-state index contributed by atoms with van der Waals surface area (Å²) in [5.41, 5.74) is 2.39. The van der Waals surface area contributed by atoms with Gasteiger partial charge in [0, 0.05) is 29.6 Å². The normalized spacial score (nSPS) is 15.1. The monoisotopic (exact) mass is 242 g/mol. The summed E-state index contributed by atoms with van der Waals surface area (Å²) >= 11 is 0. The number of H-pyrrole nitrogens is 1. The van der Waals surface area contributed by atoms with Gasteiger partial charge in [0.15, 0.2) is 0 Å². The highest BCUT2D eigenvalue weighted by Gasteiger charge is 2.21. The number of aromatic nitrogens is 1. The summed E-state index contributed by atoms with van der Waals surface area (Å²) in [5, 5.41) is 4.50. The summed E-state index contributed by atoms with van der Waals surface area (Å²) in [6, 6.07) is 8.84. The highest BCUT2D eigenvalue weighted by molar-refractivity contribution is 5.85. The number of carbonyl (C=O) groups is 1. The second-order valence-corrected chi connectivity index (χ2v) is 5.05. The fourth-order valence-electron chi connectivity index (χ4n) is 2.25. The zero-order chi connectivity index (χ0) is 12.4. The van der Waals surface area contributed by atoms with Crippen molar-refractivity contribution in [3.8, 4) is 0 Å². The van der Waals surface area contributed by atoms with Gasteiger partial charge in [-0.25, -0.2) is 0 Å². The Kier molecular flexibility index (Phi) is 3.15. The van der Waals surface area contributed by atoms with Crippen molar-refractivity contribution in [2.24, 2.45) is 0 Å². The number of rotatable bonds is 6. The van der Waals surface area contributed by atoms with Crippen LogP contribution in [0.1, 0.15) is 24.8 Å². The number of para-hydroxylation sites is 1. The first kappa shape index (κ1) is 11.5. The molecule has 1 aliphatic rings. The van der Waals surface area contributed by atoms with Crippen LogP contribution in [0.3, 0.4) is 0 Å². The third-order valence-corrected chi connectivity index (χ3v) is 3.51. The van der Waals surface area contributed by atoms with E-state index in [2.05, 4.69) is 22.4 Å². The zero-order valence-electron chi connectivity index (χ0n) is 10.4. The Morgan fingerprint density at radius 1 is 1.33 bits per heavy atom. The Hall–Kier alpha value is -1.61. The van der Waals surface area contributed by atoms with Crippen LogP contribution in [0.15, 0.2) is 30.5 Å². The topological polar surface area (TPSA) is 44.9 Å². The zero-order valence-corrected chi connectivity index (χ0v) is 10.4. The Morgan fingerprint density at radius 2 is 2.17 bits per heavy atom. The fourth-order valence-corrected chi connectivity index (χ4v) is 2.25. The number of aryl methyl sites for hydroxylation is 1. The Bertz CT molecular complexity index is 554. The van der Waals surface area contributed by atoms with Crippen LogP contribution in [0.2, 0.25) is 0 Å². The summed E-state index contributed by atoms with van der Waals surface area (Å²) in [6.45, 7) is 0.535. The molecule has 0 saturated heterocycles. The van der Waals surface area contributed by atoms with Crippen molar-refractivity contribution in [3.63, 3.8) is 0 Å². The van der Waals surface area contributed by atoms with E-state index in [0.29, 0.717) is 24.8 Å². The van der Waals surface area contributed by atoms with E-state index in [-0.39, 0.29) is 0 Å². The summed E-state index contributed by atoms with van der Waals surface area (Å²) < 4.78 is 0. The number of hydrogen-bond donors (Lipinski definition) is 2. The molecule has 3 nitrogen and oxygen atoms in total. The number of carbonyl (C=O) groups excluding carboxylic acids is 1. The SMILES string of the molecule is O=C(CCc1c[nH]c2ccccc12)CNC1CC1. The first-order valence-corrected chi connectivity index (χ1v) is 6.63. The lowest BCUT2D eigenvalue weighted by Gasteiger charge is -2.02. The van der Waals surface area contributed by atoms with Crippen LogP contribution >= 0.6 is 0 Å². The van der Waals surface area contributed by atoms with E-state index in [4.69, 9.17) is 0 Å². The molecule has 18 heavy (non-hydrogen) atoms. The van der Waals surface area contributed by atoms with Gasteiger partial charge in [-0.1, -0.05) is 18.2 Å². The molecule has 3 rings (SSSR count). The van der Waals surface area contributed by atoms with Gasteiger partial charge in [0.2, 0.25) is 0 Å². The average molecular weight is 242 g/mol. The number of nitrogens with one attached hydrogen (secondary N) is 2. The van der Waals surface area contributed by atoms with E-state index in [1.807, 2.05) is 18.3 Å². The summed E-state index contributed by atoms with van der Waals surface area (Å²) in [7, 11) is 0. The molecule has 0 unspecified atom stereocenters. The van der Waals surface area contributed by atoms with Gasteiger partial charge in [0.25, 0.3) is 0 Å². The van der Waals surface area contributed by atoms with Crippen LogP contribution in [-0.4, -0.2) is 23.4 Å². The molecule has 2 N–H and O–H groups in total. The third kappa shape index (κ3) is 2.62. The van der Waals surface area contributed by atoms with Crippen LogP contribution in [0.5, 0.6) is 0 Å². The predicted octanol–water partition coefficient (Wildman–Crippen LogP) is 2.42. The first-order valence-electron chi connectivity index (χ1n) is 6.63.